The van der Waals surface area contributed by atoms with E-state index >= 15 is 0 Å². The lowest BCUT2D eigenvalue weighted by atomic mass is 10.1. The second-order valence-electron chi connectivity index (χ2n) is 5.49. The highest BCUT2D eigenvalue weighted by molar-refractivity contribution is 6.30. The van der Waals surface area contributed by atoms with Gasteiger partial charge in [0.15, 0.2) is 6.54 Å². The molecule has 0 aliphatic heterocycles. The summed E-state index contributed by atoms with van der Waals surface area (Å²) in [6.07, 6.45) is 0. The van der Waals surface area contributed by atoms with Gasteiger partial charge in [-0.2, -0.15) is 0 Å². The van der Waals surface area contributed by atoms with Gasteiger partial charge in [-0.1, -0.05) is 29.8 Å². The minimum Gasteiger partial charge on any atom is -0.355 e. The maximum absolute atomic E-state index is 12.1. The highest BCUT2D eigenvalue weighted by Gasteiger charge is 2.12. The maximum atomic E-state index is 12.1. The summed E-state index contributed by atoms with van der Waals surface area (Å²) in [4.78, 5) is 23.7. The smallest absolute Gasteiger partial charge is 0.279 e. The molecule has 0 radical (unpaired) electrons. The van der Waals surface area contributed by atoms with E-state index in [1.807, 2.05) is 36.5 Å². The summed E-state index contributed by atoms with van der Waals surface area (Å²) >= 11 is 5.99. The molecule has 2 aromatic rings. The molecule has 2 aromatic carbocycles. The molecule has 0 aliphatic rings. The molecule has 0 aromatic heterocycles. The van der Waals surface area contributed by atoms with Gasteiger partial charge >= 0.3 is 0 Å². The first-order valence-corrected chi connectivity index (χ1v) is 8.08. The average molecular weight is 347 g/mol. The van der Waals surface area contributed by atoms with Crippen LogP contribution in [-0.2, 0) is 4.79 Å². The Kier molecular flexibility index (Phi) is 6.35. The number of carbonyl (C=O) groups excluding carboxylic acids is 2. The molecule has 126 valence electrons. The highest BCUT2D eigenvalue weighted by atomic mass is 35.5. The highest BCUT2D eigenvalue weighted by Crippen LogP contribution is 2.14. The van der Waals surface area contributed by atoms with E-state index in [1.54, 1.807) is 31.3 Å². The minimum absolute atomic E-state index is 0.117. The van der Waals surface area contributed by atoms with E-state index in [4.69, 9.17) is 11.6 Å². The van der Waals surface area contributed by atoms with Gasteiger partial charge < -0.3 is 16.0 Å². The number of anilines is 1. The van der Waals surface area contributed by atoms with Crippen LogP contribution in [0.4, 0.5) is 5.69 Å². The number of amides is 2. The molecule has 0 aliphatic carbocycles. The Morgan fingerprint density at radius 2 is 1.92 bits per heavy atom. The Hall–Kier alpha value is -2.37. The predicted octanol–water partition coefficient (Wildman–Crippen LogP) is 1.96. The summed E-state index contributed by atoms with van der Waals surface area (Å²) in [5, 5.41) is 7.98. The molecule has 0 heterocycles. The van der Waals surface area contributed by atoms with Crippen molar-refractivity contribution in [1.82, 2.24) is 5.32 Å². The molecule has 0 bridgehead atoms. The van der Waals surface area contributed by atoms with Gasteiger partial charge in [0.1, 0.15) is 6.04 Å². The van der Waals surface area contributed by atoms with Crippen molar-refractivity contribution in [1.29, 1.82) is 0 Å². The van der Waals surface area contributed by atoms with Crippen molar-refractivity contribution in [3.8, 4) is 0 Å². The normalized spacial score (nSPS) is 11.6. The first kappa shape index (κ1) is 18.0. The molecule has 0 saturated heterocycles. The lowest BCUT2D eigenvalue weighted by molar-refractivity contribution is -0.682. The van der Waals surface area contributed by atoms with Crippen LogP contribution in [0.3, 0.4) is 0 Å². The van der Waals surface area contributed by atoms with Crippen molar-refractivity contribution in [3.63, 3.8) is 0 Å². The predicted molar refractivity (Wildman–Crippen MR) is 95.1 cm³/mol. The van der Waals surface area contributed by atoms with E-state index < -0.39 is 0 Å². The summed E-state index contributed by atoms with van der Waals surface area (Å²) in [6, 6.07) is 14.6. The van der Waals surface area contributed by atoms with Crippen LogP contribution in [-0.4, -0.2) is 25.4 Å². The molecule has 24 heavy (non-hydrogen) atoms. The van der Waals surface area contributed by atoms with Gasteiger partial charge in [-0.3, -0.25) is 9.59 Å². The van der Waals surface area contributed by atoms with Crippen LogP contribution in [0.1, 0.15) is 28.9 Å². The summed E-state index contributed by atoms with van der Waals surface area (Å²) in [5.74, 6) is -0.315. The van der Waals surface area contributed by atoms with E-state index in [1.165, 1.54) is 0 Å². The number of rotatable bonds is 6. The molecule has 5 nitrogen and oxygen atoms in total. The van der Waals surface area contributed by atoms with Crippen molar-refractivity contribution in [2.75, 3.05) is 18.9 Å². The number of benzene rings is 2. The standard InChI is InChI=1S/C18H20ClN3O2/c1-12(13-5-3-7-15(19)9-13)21-11-17(23)22-16-8-4-6-14(10-16)18(24)20-2/h3-10,12,21H,11H2,1-2H3,(H,20,24)(H,22,23)/p+1/t12-/m0/s1. The first-order chi connectivity index (χ1) is 11.5. The Labute approximate surface area is 146 Å². The van der Waals surface area contributed by atoms with Crippen LogP contribution in [0.25, 0.3) is 0 Å². The Morgan fingerprint density at radius 3 is 2.62 bits per heavy atom. The third-order valence-corrected chi connectivity index (χ3v) is 3.90. The van der Waals surface area contributed by atoms with Crippen molar-refractivity contribution < 1.29 is 14.9 Å². The Bertz CT molecular complexity index is 734. The zero-order valence-corrected chi connectivity index (χ0v) is 14.4. The van der Waals surface area contributed by atoms with Gasteiger partial charge in [-0.05, 0) is 37.3 Å². The number of nitrogens with one attached hydrogen (secondary N) is 2. The molecular formula is C18H21ClN3O2+. The second kappa shape index (κ2) is 8.47. The van der Waals surface area contributed by atoms with Crippen LogP contribution < -0.4 is 16.0 Å². The molecule has 2 amide bonds. The fourth-order valence-electron chi connectivity index (χ4n) is 2.30. The van der Waals surface area contributed by atoms with E-state index in [-0.39, 0.29) is 24.4 Å². The lowest BCUT2D eigenvalue weighted by Crippen LogP contribution is -2.86. The second-order valence-corrected chi connectivity index (χ2v) is 5.93. The average Bonchev–Trinajstić information content (AvgIpc) is 2.59. The number of nitrogens with two attached hydrogens (primary N) is 1. The molecule has 0 spiro atoms. The summed E-state index contributed by atoms with van der Waals surface area (Å²) in [7, 11) is 1.57. The van der Waals surface area contributed by atoms with Gasteiger partial charge in [0, 0.05) is 28.9 Å². The monoisotopic (exact) mass is 346 g/mol. The number of carbonyl (C=O) groups is 2. The van der Waals surface area contributed by atoms with Gasteiger partial charge in [0.25, 0.3) is 11.8 Å². The third-order valence-electron chi connectivity index (χ3n) is 3.67. The number of halogens is 1. The van der Waals surface area contributed by atoms with E-state index in [9.17, 15) is 9.59 Å². The molecule has 2 rings (SSSR count). The van der Waals surface area contributed by atoms with Crippen LogP contribution in [0.5, 0.6) is 0 Å². The molecule has 0 unspecified atom stereocenters. The Morgan fingerprint density at radius 1 is 1.17 bits per heavy atom. The third kappa shape index (κ3) is 5.08. The molecule has 0 fully saturated rings. The van der Waals surface area contributed by atoms with Gasteiger partial charge in [-0.15, -0.1) is 0 Å². The summed E-state index contributed by atoms with van der Waals surface area (Å²) in [6.45, 7) is 2.29. The van der Waals surface area contributed by atoms with Gasteiger partial charge in [0.2, 0.25) is 0 Å². The van der Waals surface area contributed by atoms with Crippen molar-refractivity contribution in [2.45, 2.75) is 13.0 Å². The van der Waals surface area contributed by atoms with Crippen molar-refractivity contribution in [2.24, 2.45) is 0 Å². The molecule has 6 heteroatoms. The number of hydrogen-bond donors (Lipinski definition) is 3. The van der Waals surface area contributed by atoms with Crippen LogP contribution in [0, 0.1) is 0 Å². The van der Waals surface area contributed by atoms with Crippen LogP contribution in [0.15, 0.2) is 48.5 Å². The minimum atomic E-state index is -0.188. The van der Waals surface area contributed by atoms with E-state index in [0.29, 0.717) is 16.3 Å². The van der Waals surface area contributed by atoms with E-state index in [0.717, 1.165) is 5.56 Å². The summed E-state index contributed by atoms with van der Waals surface area (Å²) in [5.41, 5.74) is 2.17. The first-order valence-electron chi connectivity index (χ1n) is 7.70. The fraction of sp³-hybridized carbons (Fsp3) is 0.222. The molecule has 0 saturated carbocycles. The quantitative estimate of drug-likeness (QED) is 0.748. The van der Waals surface area contributed by atoms with Crippen LogP contribution >= 0.6 is 11.6 Å². The molecular weight excluding hydrogens is 326 g/mol. The van der Waals surface area contributed by atoms with Gasteiger partial charge in [0.05, 0.1) is 0 Å². The number of quaternary nitrogens is 1. The maximum Gasteiger partial charge on any atom is 0.279 e. The fourth-order valence-corrected chi connectivity index (χ4v) is 2.50. The zero-order chi connectivity index (χ0) is 17.5. The number of hydrogen-bond acceptors (Lipinski definition) is 2. The zero-order valence-electron chi connectivity index (χ0n) is 13.7. The molecule has 4 N–H and O–H groups in total. The van der Waals surface area contributed by atoms with Crippen LogP contribution in [0.2, 0.25) is 5.02 Å². The van der Waals surface area contributed by atoms with Crippen molar-refractivity contribution >= 4 is 29.1 Å². The topological polar surface area (TPSA) is 74.8 Å². The SMILES string of the molecule is CNC(=O)c1cccc(NC(=O)C[NH2+][C@@H](C)c2cccc(Cl)c2)c1. The Balaban J connectivity index is 1.90. The van der Waals surface area contributed by atoms with E-state index in [2.05, 4.69) is 10.6 Å². The van der Waals surface area contributed by atoms with Crippen molar-refractivity contribution in [3.05, 3.63) is 64.7 Å². The summed E-state index contributed by atoms with van der Waals surface area (Å²) < 4.78 is 0. The molecule has 1 atom stereocenters. The van der Waals surface area contributed by atoms with Gasteiger partial charge in [-0.25, -0.2) is 0 Å². The lowest BCUT2D eigenvalue weighted by Gasteiger charge is -2.12. The largest absolute Gasteiger partial charge is 0.355 e.